The molecule has 0 aliphatic carbocycles. The minimum absolute atomic E-state index is 1.11. The lowest BCUT2D eigenvalue weighted by atomic mass is 10.4. The van der Waals surface area contributed by atoms with E-state index in [2.05, 4.69) is 53.2 Å². The summed E-state index contributed by atoms with van der Waals surface area (Å²) in [6, 6.07) is 7.96. The van der Waals surface area contributed by atoms with E-state index >= 15 is 0 Å². The van der Waals surface area contributed by atoms with Gasteiger partial charge < -0.3 is 0 Å². The fourth-order valence-electron chi connectivity index (χ4n) is 0.430. The van der Waals surface area contributed by atoms with Gasteiger partial charge in [0.25, 0.3) is 0 Å². The SMILES string of the molecule is Brc1ccc(Br)cc1.O=S(=O)(Cl)Cl. The molecule has 13 heavy (non-hydrogen) atoms. The predicted octanol–water partition coefficient (Wildman–Crippen LogP) is 3.92. The highest BCUT2D eigenvalue weighted by molar-refractivity contribution is 9.11. The lowest BCUT2D eigenvalue weighted by Crippen LogP contribution is -1.63. The number of halogens is 4. The minimum Gasteiger partial charge on any atom is -0.195 e. The smallest absolute Gasteiger partial charge is 0.195 e. The molecule has 0 aliphatic heterocycles. The van der Waals surface area contributed by atoms with Crippen LogP contribution in [0.1, 0.15) is 0 Å². The van der Waals surface area contributed by atoms with Gasteiger partial charge in [-0.3, -0.25) is 0 Å². The molecule has 0 saturated heterocycles. The van der Waals surface area contributed by atoms with Crippen molar-refractivity contribution in [2.75, 3.05) is 0 Å². The molecule has 0 amide bonds. The summed E-state index contributed by atoms with van der Waals surface area (Å²) in [5, 5.41) is 0. The van der Waals surface area contributed by atoms with Crippen LogP contribution in [-0.4, -0.2) is 8.42 Å². The van der Waals surface area contributed by atoms with E-state index in [0.717, 1.165) is 8.95 Å². The van der Waals surface area contributed by atoms with E-state index in [0.29, 0.717) is 0 Å². The molecule has 0 radical (unpaired) electrons. The molecule has 1 aromatic rings. The number of hydrogen-bond acceptors (Lipinski definition) is 2. The Balaban J connectivity index is 0.000000252. The Morgan fingerprint density at radius 1 is 0.923 bits per heavy atom. The zero-order chi connectivity index (χ0) is 10.5. The molecule has 7 heteroatoms. The number of benzene rings is 1. The Kier molecular flexibility index (Phi) is 6.58. The Hall–Kier alpha value is 0.710. The predicted molar refractivity (Wildman–Crippen MR) is 62.5 cm³/mol. The van der Waals surface area contributed by atoms with Crippen LogP contribution in [-0.2, 0) is 8.26 Å². The Labute approximate surface area is 102 Å². The molecular formula is C6H4Br2Cl2O2S. The van der Waals surface area contributed by atoms with Crippen LogP contribution < -0.4 is 0 Å². The quantitative estimate of drug-likeness (QED) is 0.649. The van der Waals surface area contributed by atoms with Gasteiger partial charge in [-0.15, -0.1) is 0 Å². The summed E-state index contributed by atoms with van der Waals surface area (Å²) in [7, 11) is 4.81. The summed E-state index contributed by atoms with van der Waals surface area (Å²) >= 11 is 6.65. The summed E-state index contributed by atoms with van der Waals surface area (Å²) in [5.41, 5.74) is 0. The lowest BCUT2D eigenvalue weighted by Gasteiger charge is -1.86. The van der Waals surface area contributed by atoms with E-state index in [1.165, 1.54) is 0 Å². The number of hydrogen-bond donors (Lipinski definition) is 0. The second kappa shape index (κ2) is 6.24. The summed E-state index contributed by atoms with van der Waals surface area (Å²) in [4.78, 5) is 0. The second-order valence-corrected chi connectivity index (χ2v) is 7.31. The maximum absolute atomic E-state index is 9.16. The van der Waals surface area contributed by atoms with Crippen LogP contribution in [0, 0.1) is 0 Å². The zero-order valence-corrected chi connectivity index (χ0v) is 11.5. The zero-order valence-electron chi connectivity index (χ0n) is 6.05. The molecule has 0 fully saturated rings. The average molecular weight is 371 g/mol. The standard InChI is InChI=1S/C6H4Br2.Cl2O2S/c7-5-1-2-6(8)4-3-5;1-5(2,3)4/h1-4H;. The van der Waals surface area contributed by atoms with Crippen molar-refractivity contribution in [2.24, 2.45) is 0 Å². The molecule has 1 rings (SSSR count). The van der Waals surface area contributed by atoms with Crippen molar-refractivity contribution >= 4 is 61.5 Å². The van der Waals surface area contributed by atoms with Gasteiger partial charge in [-0.2, -0.15) is 8.42 Å². The summed E-state index contributed by atoms with van der Waals surface area (Å²) in [6.07, 6.45) is 0. The lowest BCUT2D eigenvalue weighted by molar-refractivity contribution is 0.621. The van der Waals surface area contributed by atoms with Crippen LogP contribution in [0.3, 0.4) is 0 Å². The molecule has 0 N–H and O–H groups in total. The molecule has 2 nitrogen and oxygen atoms in total. The highest BCUT2D eigenvalue weighted by Crippen LogP contribution is 2.14. The van der Waals surface area contributed by atoms with E-state index in [1.54, 1.807) is 0 Å². The molecule has 0 unspecified atom stereocenters. The van der Waals surface area contributed by atoms with Crippen LogP contribution >= 0.6 is 53.2 Å². The molecule has 0 bridgehead atoms. The molecule has 74 valence electrons. The van der Waals surface area contributed by atoms with Gasteiger partial charge in [0.15, 0.2) is 0 Å². The molecule has 0 saturated carbocycles. The Morgan fingerprint density at radius 3 is 1.23 bits per heavy atom. The molecule has 1 aromatic carbocycles. The largest absolute Gasteiger partial charge is 0.317 e. The van der Waals surface area contributed by atoms with Gasteiger partial charge in [-0.1, -0.05) is 31.9 Å². The van der Waals surface area contributed by atoms with Crippen molar-refractivity contribution in [3.8, 4) is 0 Å². The topological polar surface area (TPSA) is 34.1 Å². The van der Waals surface area contributed by atoms with Crippen molar-refractivity contribution in [3.63, 3.8) is 0 Å². The summed E-state index contributed by atoms with van der Waals surface area (Å²) < 4.78 is 20.5. The van der Waals surface area contributed by atoms with E-state index in [4.69, 9.17) is 8.42 Å². The summed E-state index contributed by atoms with van der Waals surface area (Å²) in [5.74, 6) is 0. The normalized spacial score (nSPS) is 10.2. The van der Waals surface area contributed by atoms with Crippen molar-refractivity contribution in [1.29, 1.82) is 0 Å². The third-order valence-corrected chi connectivity index (χ3v) is 1.86. The molecular weight excluding hydrogens is 367 g/mol. The van der Waals surface area contributed by atoms with Crippen molar-refractivity contribution < 1.29 is 8.42 Å². The molecule has 0 aliphatic rings. The van der Waals surface area contributed by atoms with Gasteiger partial charge in [0.05, 0.1) is 0 Å². The minimum atomic E-state index is -3.72. The van der Waals surface area contributed by atoms with E-state index in [-0.39, 0.29) is 0 Å². The molecule has 0 atom stereocenters. The number of rotatable bonds is 0. The third-order valence-electron chi connectivity index (χ3n) is 0.804. The fraction of sp³-hybridized carbons (Fsp3) is 0. The van der Waals surface area contributed by atoms with Crippen LogP contribution in [0.15, 0.2) is 33.2 Å². The summed E-state index contributed by atoms with van der Waals surface area (Å²) in [6.45, 7) is 0. The van der Waals surface area contributed by atoms with Crippen LogP contribution in [0.25, 0.3) is 0 Å². The van der Waals surface area contributed by atoms with E-state index in [1.807, 2.05) is 24.3 Å². The fourth-order valence-corrected chi connectivity index (χ4v) is 0.958. The first-order valence-electron chi connectivity index (χ1n) is 2.84. The van der Waals surface area contributed by atoms with Crippen molar-refractivity contribution in [1.82, 2.24) is 0 Å². The average Bonchev–Trinajstić information content (AvgIpc) is 1.92. The van der Waals surface area contributed by atoms with E-state index in [9.17, 15) is 0 Å². The van der Waals surface area contributed by atoms with Crippen molar-refractivity contribution in [2.45, 2.75) is 0 Å². The maximum atomic E-state index is 9.16. The van der Waals surface area contributed by atoms with Crippen LogP contribution in [0.2, 0.25) is 0 Å². The maximum Gasteiger partial charge on any atom is 0.317 e. The highest BCUT2D eigenvalue weighted by Gasteiger charge is 1.88. The Morgan fingerprint density at radius 2 is 1.08 bits per heavy atom. The first kappa shape index (κ1) is 13.7. The van der Waals surface area contributed by atoms with Crippen LogP contribution in [0.4, 0.5) is 0 Å². The van der Waals surface area contributed by atoms with E-state index < -0.39 is 8.26 Å². The van der Waals surface area contributed by atoms with Gasteiger partial charge in [0.2, 0.25) is 0 Å². The van der Waals surface area contributed by atoms with Gasteiger partial charge in [-0.05, 0) is 24.3 Å². The Bertz CT molecular complexity index is 320. The monoisotopic (exact) mass is 368 g/mol. The second-order valence-electron chi connectivity index (χ2n) is 1.81. The molecule has 0 spiro atoms. The van der Waals surface area contributed by atoms with Gasteiger partial charge in [-0.25, -0.2) is 0 Å². The molecule has 0 aromatic heterocycles. The van der Waals surface area contributed by atoms with Crippen LogP contribution in [0.5, 0.6) is 0 Å². The first-order valence-corrected chi connectivity index (χ1v) is 7.56. The molecule has 0 heterocycles. The van der Waals surface area contributed by atoms with Gasteiger partial charge >= 0.3 is 8.26 Å². The third kappa shape index (κ3) is 12.7. The van der Waals surface area contributed by atoms with Crippen molar-refractivity contribution in [3.05, 3.63) is 33.2 Å². The van der Waals surface area contributed by atoms with Gasteiger partial charge in [0.1, 0.15) is 0 Å². The van der Waals surface area contributed by atoms with Gasteiger partial charge in [0, 0.05) is 30.3 Å². The highest BCUT2D eigenvalue weighted by atomic mass is 79.9. The first-order chi connectivity index (χ1) is 5.79.